The highest BCUT2D eigenvalue weighted by Gasteiger charge is 2.23. The molecule has 0 aromatic heterocycles. The van der Waals surface area contributed by atoms with Gasteiger partial charge in [0.2, 0.25) is 5.91 Å². The Morgan fingerprint density at radius 3 is 2.44 bits per heavy atom. The van der Waals surface area contributed by atoms with Crippen molar-refractivity contribution in [2.24, 2.45) is 11.7 Å². The molecule has 4 nitrogen and oxygen atoms in total. The maximum absolute atomic E-state index is 11.0. The first-order valence-corrected chi connectivity index (χ1v) is 6.37. The first kappa shape index (κ1) is 13.5. The van der Waals surface area contributed by atoms with Gasteiger partial charge in [0.25, 0.3) is 0 Å². The van der Waals surface area contributed by atoms with Crippen LogP contribution in [-0.2, 0) is 4.79 Å². The van der Waals surface area contributed by atoms with Gasteiger partial charge in [-0.1, -0.05) is 0 Å². The highest BCUT2D eigenvalue weighted by atomic mass is 16.2. The summed E-state index contributed by atoms with van der Waals surface area (Å²) in [5, 5.41) is 12.1. The van der Waals surface area contributed by atoms with E-state index < -0.39 is 0 Å². The highest BCUT2D eigenvalue weighted by molar-refractivity contribution is 5.76. The van der Waals surface area contributed by atoms with Gasteiger partial charge in [0.1, 0.15) is 0 Å². The molecule has 1 aliphatic carbocycles. The zero-order valence-electron chi connectivity index (χ0n) is 9.95. The molecule has 0 saturated heterocycles. The second-order valence-electron chi connectivity index (χ2n) is 4.69. The van der Waals surface area contributed by atoms with E-state index in [-0.39, 0.29) is 11.8 Å². The van der Waals surface area contributed by atoms with Crippen LogP contribution in [0.25, 0.3) is 0 Å². The van der Waals surface area contributed by atoms with Crippen LogP contribution in [0.2, 0.25) is 0 Å². The summed E-state index contributed by atoms with van der Waals surface area (Å²) >= 11 is 0. The third-order valence-corrected chi connectivity index (χ3v) is 3.40. The number of hydrogen-bond donors (Lipinski definition) is 3. The Morgan fingerprint density at radius 2 is 1.88 bits per heavy atom. The summed E-state index contributed by atoms with van der Waals surface area (Å²) in [6.07, 6.45) is 7.10. The van der Waals surface area contributed by atoms with Crippen LogP contribution < -0.4 is 11.1 Å². The lowest BCUT2D eigenvalue weighted by atomic mass is 9.85. The number of nitrogens with two attached hydrogens (primary N) is 1. The number of amides is 1. The second kappa shape index (κ2) is 7.63. The fraction of sp³-hybridized carbons (Fsp3) is 0.917. The molecular weight excluding hydrogens is 204 g/mol. The zero-order chi connectivity index (χ0) is 11.8. The maximum atomic E-state index is 11.0. The second-order valence-corrected chi connectivity index (χ2v) is 4.69. The van der Waals surface area contributed by atoms with E-state index in [0.29, 0.717) is 12.6 Å². The van der Waals surface area contributed by atoms with Crippen LogP contribution >= 0.6 is 0 Å². The molecule has 0 unspecified atom stereocenters. The minimum absolute atomic E-state index is 0.104. The fourth-order valence-electron chi connectivity index (χ4n) is 2.30. The Bertz CT molecular complexity index is 201. The molecule has 0 aromatic rings. The van der Waals surface area contributed by atoms with Crippen molar-refractivity contribution in [2.75, 3.05) is 13.2 Å². The average Bonchev–Trinajstić information content (AvgIpc) is 2.29. The van der Waals surface area contributed by atoms with Crippen molar-refractivity contribution < 1.29 is 9.90 Å². The number of rotatable bonds is 7. The molecule has 0 bridgehead atoms. The lowest BCUT2D eigenvalue weighted by Gasteiger charge is -2.27. The molecule has 94 valence electrons. The number of aliphatic hydroxyl groups excluding tert-OH is 1. The van der Waals surface area contributed by atoms with Crippen molar-refractivity contribution in [2.45, 2.75) is 51.0 Å². The van der Waals surface area contributed by atoms with E-state index in [1.54, 1.807) is 0 Å². The van der Waals surface area contributed by atoms with Crippen molar-refractivity contribution in [3.63, 3.8) is 0 Å². The van der Waals surface area contributed by atoms with Gasteiger partial charge in [-0.05, 0) is 51.5 Å². The Morgan fingerprint density at radius 1 is 1.19 bits per heavy atom. The van der Waals surface area contributed by atoms with Crippen LogP contribution in [0.15, 0.2) is 0 Å². The van der Waals surface area contributed by atoms with Gasteiger partial charge in [-0.3, -0.25) is 4.79 Å². The van der Waals surface area contributed by atoms with Gasteiger partial charge in [0.05, 0.1) is 0 Å². The molecule has 1 saturated carbocycles. The Labute approximate surface area is 97.6 Å². The summed E-state index contributed by atoms with van der Waals surface area (Å²) in [4.78, 5) is 11.0. The van der Waals surface area contributed by atoms with Crippen molar-refractivity contribution in [1.82, 2.24) is 5.32 Å². The van der Waals surface area contributed by atoms with E-state index in [9.17, 15) is 4.79 Å². The van der Waals surface area contributed by atoms with E-state index in [1.807, 2.05) is 0 Å². The zero-order valence-corrected chi connectivity index (χ0v) is 9.95. The number of carbonyl (C=O) groups is 1. The van der Waals surface area contributed by atoms with Gasteiger partial charge >= 0.3 is 0 Å². The predicted octanol–water partition coefficient (Wildman–Crippen LogP) is 0.783. The maximum Gasteiger partial charge on any atom is 0.220 e. The third kappa shape index (κ3) is 4.94. The van der Waals surface area contributed by atoms with Gasteiger partial charge in [-0.15, -0.1) is 0 Å². The number of aliphatic hydroxyl groups is 1. The number of hydrogen-bond acceptors (Lipinski definition) is 3. The largest absolute Gasteiger partial charge is 0.396 e. The van der Waals surface area contributed by atoms with Gasteiger partial charge in [-0.25, -0.2) is 0 Å². The molecule has 4 N–H and O–H groups in total. The summed E-state index contributed by atoms with van der Waals surface area (Å²) in [5.41, 5.74) is 5.28. The molecule has 1 amide bonds. The molecule has 4 heteroatoms. The third-order valence-electron chi connectivity index (χ3n) is 3.40. The molecule has 0 atom stereocenters. The van der Waals surface area contributed by atoms with E-state index in [1.165, 1.54) is 0 Å². The monoisotopic (exact) mass is 228 g/mol. The minimum Gasteiger partial charge on any atom is -0.396 e. The van der Waals surface area contributed by atoms with E-state index in [2.05, 4.69) is 5.32 Å². The summed E-state index contributed by atoms with van der Waals surface area (Å²) in [5.74, 6) is -0.0335. The van der Waals surface area contributed by atoms with Gasteiger partial charge in [0, 0.05) is 18.6 Å². The quantitative estimate of drug-likeness (QED) is 0.564. The van der Waals surface area contributed by atoms with Gasteiger partial charge in [-0.2, -0.15) is 0 Å². The molecule has 0 aliphatic heterocycles. The van der Waals surface area contributed by atoms with Crippen LogP contribution in [0.3, 0.4) is 0 Å². The lowest BCUT2D eigenvalue weighted by molar-refractivity contribution is -0.122. The molecule has 1 rings (SSSR count). The standard InChI is InChI=1S/C12H24N2O2/c13-12(16)10-4-6-11(7-5-10)14-8-2-1-3-9-15/h10-11,14-15H,1-9H2,(H2,13,16). The smallest absolute Gasteiger partial charge is 0.220 e. The van der Waals surface area contributed by atoms with Crippen LogP contribution in [0.5, 0.6) is 0 Å². The molecule has 16 heavy (non-hydrogen) atoms. The first-order chi connectivity index (χ1) is 7.74. The number of carbonyl (C=O) groups excluding carboxylic acids is 1. The van der Waals surface area contributed by atoms with Gasteiger partial charge < -0.3 is 16.2 Å². The summed E-state index contributed by atoms with van der Waals surface area (Å²) in [7, 11) is 0. The predicted molar refractivity (Wildman–Crippen MR) is 63.9 cm³/mol. The molecular formula is C12H24N2O2. The van der Waals surface area contributed by atoms with Crippen LogP contribution in [-0.4, -0.2) is 30.2 Å². The van der Waals surface area contributed by atoms with Crippen molar-refractivity contribution >= 4 is 5.91 Å². The molecule has 0 radical (unpaired) electrons. The average molecular weight is 228 g/mol. The molecule has 1 fully saturated rings. The number of nitrogens with one attached hydrogen (secondary N) is 1. The topological polar surface area (TPSA) is 75.4 Å². The normalized spacial score (nSPS) is 25.6. The summed E-state index contributed by atoms with van der Waals surface area (Å²) < 4.78 is 0. The molecule has 0 heterocycles. The Hall–Kier alpha value is -0.610. The summed E-state index contributed by atoms with van der Waals surface area (Å²) in [6.45, 7) is 1.32. The van der Waals surface area contributed by atoms with Crippen LogP contribution in [0.1, 0.15) is 44.9 Å². The number of unbranched alkanes of at least 4 members (excludes halogenated alkanes) is 2. The Balaban J connectivity index is 2.02. The van der Waals surface area contributed by atoms with Crippen molar-refractivity contribution in [1.29, 1.82) is 0 Å². The molecule has 0 spiro atoms. The lowest BCUT2D eigenvalue weighted by Crippen LogP contribution is -2.37. The van der Waals surface area contributed by atoms with Crippen LogP contribution in [0.4, 0.5) is 0 Å². The SMILES string of the molecule is NC(=O)C1CCC(NCCCCCO)CC1. The molecule has 0 aromatic carbocycles. The summed E-state index contributed by atoms with van der Waals surface area (Å²) in [6, 6.07) is 0.560. The first-order valence-electron chi connectivity index (χ1n) is 6.37. The fourth-order valence-corrected chi connectivity index (χ4v) is 2.30. The van der Waals surface area contributed by atoms with Crippen molar-refractivity contribution in [3.8, 4) is 0 Å². The van der Waals surface area contributed by atoms with E-state index >= 15 is 0 Å². The van der Waals surface area contributed by atoms with Gasteiger partial charge in [0.15, 0.2) is 0 Å². The minimum atomic E-state index is -0.138. The highest BCUT2D eigenvalue weighted by Crippen LogP contribution is 2.23. The van der Waals surface area contributed by atoms with E-state index in [4.69, 9.17) is 10.8 Å². The Kier molecular flexibility index (Phi) is 6.42. The number of primary amides is 1. The van der Waals surface area contributed by atoms with Crippen LogP contribution in [0, 0.1) is 5.92 Å². The molecule has 1 aliphatic rings. The van der Waals surface area contributed by atoms with Crippen molar-refractivity contribution in [3.05, 3.63) is 0 Å². The van der Waals surface area contributed by atoms with E-state index in [0.717, 1.165) is 51.5 Å².